The second-order valence-corrected chi connectivity index (χ2v) is 10.6. The number of nitrogens with zero attached hydrogens (tertiary/aromatic N) is 1. The number of nitro groups is 1. The average Bonchev–Trinajstić information content (AvgIpc) is 2.89. The Bertz CT molecular complexity index is 1460. The molecular formula is C28H24BrF3N2O6. The van der Waals surface area contributed by atoms with Crippen molar-refractivity contribution >= 4 is 33.2 Å². The Morgan fingerprint density at radius 3 is 2.17 bits per heavy atom. The molecule has 0 amide bonds. The summed E-state index contributed by atoms with van der Waals surface area (Å²) in [5.41, 5.74) is 1.25. The van der Waals surface area contributed by atoms with Crippen LogP contribution in [0, 0.1) is 10.1 Å². The molecule has 0 saturated carbocycles. The molecule has 0 unspecified atom stereocenters. The van der Waals surface area contributed by atoms with Crippen LogP contribution in [0.15, 0.2) is 57.3 Å². The lowest BCUT2D eigenvalue weighted by molar-refractivity contribution is -0.385. The van der Waals surface area contributed by atoms with Crippen LogP contribution >= 0.6 is 15.9 Å². The molecule has 2 aromatic carbocycles. The third-order valence-electron chi connectivity index (χ3n) is 7.15. The zero-order valence-electron chi connectivity index (χ0n) is 21.3. The fourth-order valence-electron chi connectivity index (χ4n) is 5.47. The largest absolute Gasteiger partial charge is 0.490 e. The highest BCUT2D eigenvalue weighted by molar-refractivity contribution is 9.10. The van der Waals surface area contributed by atoms with Crippen molar-refractivity contribution in [1.29, 1.82) is 0 Å². The van der Waals surface area contributed by atoms with Crippen LogP contribution in [0.25, 0.3) is 0 Å². The van der Waals surface area contributed by atoms with Crippen LogP contribution < -0.4 is 14.8 Å². The molecule has 0 saturated heterocycles. The van der Waals surface area contributed by atoms with Crippen LogP contribution in [0.4, 0.5) is 18.9 Å². The van der Waals surface area contributed by atoms with Crippen LogP contribution in [0.1, 0.15) is 62.5 Å². The number of hydrogen-bond donors (Lipinski definition) is 1. The summed E-state index contributed by atoms with van der Waals surface area (Å²) in [4.78, 5) is 37.0. The van der Waals surface area contributed by atoms with Crippen molar-refractivity contribution in [3.8, 4) is 17.2 Å². The van der Waals surface area contributed by atoms with Crippen molar-refractivity contribution in [2.45, 2.75) is 57.5 Å². The normalized spacial score (nSPS) is 17.8. The summed E-state index contributed by atoms with van der Waals surface area (Å²) in [5.74, 6) is -0.964. The molecule has 12 heteroatoms. The van der Waals surface area contributed by atoms with Gasteiger partial charge in [-0.2, -0.15) is 13.2 Å². The number of benzene rings is 2. The van der Waals surface area contributed by atoms with Crippen molar-refractivity contribution in [1.82, 2.24) is 5.32 Å². The Morgan fingerprint density at radius 1 is 1.00 bits per heavy atom. The van der Waals surface area contributed by atoms with E-state index in [1.165, 1.54) is 0 Å². The van der Waals surface area contributed by atoms with Crippen molar-refractivity contribution in [3.05, 3.63) is 78.6 Å². The lowest BCUT2D eigenvalue weighted by Gasteiger charge is -2.37. The van der Waals surface area contributed by atoms with Gasteiger partial charge in [-0.25, -0.2) is 0 Å². The first kappa shape index (κ1) is 27.9. The Labute approximate surface area is 235 Å². The number of nitrogens with one attached hydrogen (secondary N) is 1. The number of halogens is 4. The number of alkyl halides is 3. The van der Waals surface area contributed by atoms with Gasteiger partial charge >= 0.3 is 11.9 Å². The van der Waals surface area contributed by atoms with Crippen molar-refractivity contribution in [2.75, 3.05) is 6.61 Å². The minimum Gasteiger partial charge on any atom is -0.490 e. The second kappa shape index (κ2) is 10.7. The molecule has 3 aliphatic rings. The number of dihydropyridines is 1. The summed E-state index contributed by atoms with van der Waals surface area (Å²) in [6, 6.07) is 5.28. The van der Waals surface area contributed by atoms with E-state index in [0.29, 0.717) is 67.4 Å². The van der Waals surface area contributed by atoms with E-state index in [9.17, 15) is 32.9 Å². The smallest absolute Gasteiger partial charge is 0.416 e. The fraction of sp³-hybridized carbons (Fsp3) is 0.357. The number of carbonyl (C=O) groups excluding carboxylic acids is 2. The second-order valence-electron chi connectivity index (χ2n) is 9.70. The molecule has 0 aromatic heterocycles. The Balaban J connectivity index is 1.63. The van der Waals surface area contributed by atoms with Crippen LogP contribution in [0.5, 0.6) is 17.2 Å². The van der Waals surface area contributed by atoms with E-state index in [4.69, 9.17) is 9.47 Å². The minimum atomic E-state index is -4.77. The highest BCUT2D eigenvalue weighted by Crippen LogP contribution is 2.50. The van der Waals surface area contributed by atoms with Gasteiger partial charge in [-0.15, -0.1) is 0 Å². The molecule has 0 radical (unpaired) electrons. The van der Waals surface area contributed by atoms with Gasteiger partial charge in [0, 0.05) is 47.4 Å². The predicted octanol–water partition coefficient (Wildman–Crippen LogP) is 7.27. The summed E-state index contributed by atoms with van der Waals surface area (Å²) in [5, 5.41) is 15.0. The summed E-state index contributed by atoms with van der Waals surface area (Å²) >= 11 is 3.43. The van der Waals surface area contributed by atoms with Gasteiger partial charge in [-0.1, -0.05) is 0 Å². The Hall–Kier alpha value is -3.67. The number of Topliss-reactive ketones (excluding diaryl/α,β-unsaturated/α-hetero) is 2. The molecule has 5 rings (SSSR count). The molecule has 2 aliphatic carbocycles. The number of ether oxygens (including phenoxy) is 2. The van der Waals surface area contributed by atoms with E-state index < -0.39 is 34.0 Å². The highest BCUT2D eigenvalue weighted by atomic mass is 79.9. The van der Waals surface area contributed by atoms with Crippen LogP contribution in [0.2, 0.25) is 0 Å². The Morgan fingerprint density at radius 2 is 1.62 bits per heavy atom. The van der Waals surface area contributed by atoms with Crippen molar-refractivity contribution in [2.24, 2.45) is 0 Å². The summed E-state index contributed by atoms with van der Waals surface area (Å²) in [6.45, 7) is 1.89. The SMILES string of the molecule is CCOc1cc(C2C3=C(CCCC3=O)NC3=C2C(=O)CCC3)cc(Br)c1Oc1ccc(C(F)(F)F)cc1[N+](=O)[O-]. The molecule has 1 heterocycles. The standard InChI is InChI=1S/C28H24BrF3N2O6/c1-2-39-23-12-14(24-25-17(5-3-7-20(25)35)33-18-6-4-8-21(36)26(18)24)11-16(29)27(23)40-22-10-9-15(28(30,31)32)13-19(22)34(37)38/h9-13,24,33H,2-8H2,1H3. The van der Waals surface area contributed by atoms with E-state index in [1.54, 1.807) is 19.1 Å². The van der Waals surface area contributed by atoms with E-state index in [-0.39, 0.29) is 34.1 Å². The lowest BCUT2D eigenvalue weighted by Crippen LogP contribution is -2.36. The first-order valence-electron chi connectivity index (χ1n) is 12.8. The average molecular weight is 621 g/mol. The molecule has 1 N–H and O–H groups in total. The molecule has 0 fully saturated rings. The zero-order valence-corrected chi connectivity index (χ0v) is 22.9. The highest BCUT2D eigenvalue weighted by Gasteiger charge is 2.41. The number of nitro benzene ring substituents is 1. The van der Waals surface area contributed by atoms with E-state index in [0.717, 1.165) is 17.5 Å². The number of rotatable bonds is 6. The van der Waals surface area contributed by atoms with Crippen molar-refractivity contribution < 1.29 is 37.2 Å². The molecular weight excluding hydrogens is 597 g/mol. The maximum atomic E-state index is 13.2. The maximum Gasteiger partial charge on any atom is 0.416 e. The molecule has 0 atom stereocenters. The zero-order chi connectivity index (χ0) is 28.8. The molecule has 0 spiro atoms. The third-order valence-corrected chi connectivity index (χ3v) is 7.74. The van der Waals surface area contributed by atoms with Crippen LogP contribution in [-0.4, -0.2) is 23.1 Å². The predicted molar refractivity (Wildman–Crippen MR) is 141 cm³/mol. The molecule has 1 aliphatic heterocycles. The number of ketones is 2. The first-order valence-corrected chi connectivity index (χ1v) is 13.6. The molecule has 210 valence electrons. The van der Waals surface area contributed by atoms with Crippen LogP contribution in [0.3, 0.4) is 0 Å². The number of allylic oxidation sites excluding steroid dienone is 4. The topological polar surface area (TPSA) is 108 Å². The van der Waals surface area contributed by atoms with Gasteiger partial charge in [0.05, 0.1) is 21.6 Å². The molecule has 40 heavy (non-hydrogen) atoms. The fourth-order valence-corrected chi connectivity index (χ4v) is 6.01. The van der Waals surface area contributed by atoms with Gasteiger partial charge < -0.3 is 14.8 Å². The summed E-state index contributed by atoms with van der Waals surface area (Å²) < 4.78 is 51.4. The number of hydrogen-bond acceptors (Lipinski definition) is 7. The maximum absolute atomic E-state index is 13.2. The molecule has 2 aromatic rings. The summed E-state index contributed by atoms with van der Waals surface area (Å²) in [6.07, 6.45) is -1.26. The number of carbonyl (C=O) groups is 2. The third kappa shape index (κ3) is 5.12. The van der Waals surface area contributed by atoms with Gasteiger partial charge in [0.25, 0.3) is 0 Å². The van der Waals surface area contributed by atoms with E-state index in [2.05, 4.69) is 21.2 Å². The summed E-state index contributed by atoms with van der Waals surface area (Å²) in [7, 11) is 0. The molecule has 0 bridgehead atoms. The monoisotopic (exact) mass is 620 g/mol. The van der Waals surface area contributed by atoms with Gasteiger partial charge in [0.2, 0.25) is 5.75 Å². The van der Waals surface area contributed by atoms with E-state index in [1.807, 2.05) is 0 Å². The van der Waals surface area contributed by atoms with E-state index >= 15 is 0 Å². The van der Waals surface area contributed by atoms with Gasteiger partial charge in [-0.05, 0) is 78.4 Å². The van der Waals surface area contributed by atoms with Crippen molar-refractivity contribution in [3.63, 3.8) is 0 Å². The van der Waals surface area contributed by atoms with Gasteiger partial charge in [0.15, 0.2) is 23.1 Å². The van der Waals surface area contributed by atoms with Gasteiger partial charge in [-0.3, -0.25) is 19.7 Å². The molecule has 8 nitrogen and oxygen atoms in total. The first-order chi connectivity index (χ1) is 19.0. The Kier molecular flexibility index (Phi) is 7.47. The van der Waals surface area contributed by atoms with Gasteiger partial charge in [0.1, 0.15) is 0 Å². The lowest BCUT2D eigenvalue weighted by atomic mass is 9.71. The minimum absolute atomic E-state index is 0.00995. The van der Waals surface area contributed by atoms with Crippen LogP contribution in [-0.2, 0) is 15.8 Å². The quantitative estimate of drug-likeness (QED) is 0.267.